The Morgan fingerprint density at radius 2 is 2.00 bits per heavy atom. The second kappa shape index (κ2) is 4.70. The van der Waals surface area contributed by atoms with Gasteiger partial charge in [0.15, 0.2) is 0 Å². The summed E-state index contributed by atoms with van der Waals surface area (Å²) in [5, 5.41) is 22.1. The Hall–Kier alpha value is 0.870. The fraction of sp³-hybridized carbons (Fsp3) is 0.867. The van der Waals surface area contributed by atoms with Crippen LogP contribution in [-0.4, -0.2) is 43.2 Å². The van der Waals surface area contributed by atoms with E-state index in [4.69, 9.17) is 16.3 Å². The molecule has 1 saturated carbocycles. The number of hydrogen-bond acceptors (Lipinski definition) is 3. The van der Waals surface area contributed by atoms with Gasteiger partial charge in [0, 0.05) is 21.0 Å². The molecule has 0 aromatic carbocycles. The first-order chi connectivity index (χ1) is 9.53. The number of fused-ring (bicyclic) bond motifs is 1. The molecule has 1 aliphatic heterocycles. The molecule has 2 aliphatic carbocycles. The molecule has 1 heterocycles. The van der Waals surface area contributed by atoms with Crippen LogP contribution < -0.4 is 0 Å². The van der Waals surface area contributed by atoms with Gasteiger partial charge in [0.1, 0.15) is 6.10 Å². The number of rotatable bonds is 1. The predicted octanol–water partition coefficient (Wildman–Crippen LogP) is 3.34. The van der Waals surface area contributed by atoms with Gasteiger partial charge in [0.2, 0.25) is 5.79 Å². The zero-order chi connectivity index (χ0) is 15.8. The van der Waals surface area contributed by atoms with Crippen LogP contribution in [0.25, 0.3) is 0 Å². The van der Waals surface area contributed by atoms with E-state index >= 15 is 0 Å². The van der Waals surface area contributed by atoms with Crippen molar-refractivity contribution in [2.45, 2.75) is 61.3 Å². The summed E-state index contributed by atoms with van der Waals surface area (Å²) in [7, 11) is 0. The Balaban J connectivity index is 2.20. The fourth-order valence-electron chi connectivity index (χ4n) is 4.57. The van der Waals surface area contributed by atoms with E-state index in [0.717, 1.165) is 12.0 Å². The molecule has 1 spiro atoms. The van der Waals surface area contributed by atoms with Crippen molar-refractivity contribution in [3.8, 4) is 0 Å². The van der Waals surface area contributed by atoms with Crippen molar-refractivity contribution < 1.29 is 14.9 Å². The van der Waals surface area contributed by atoms with Crippen molar-refractivity contribution in [1.29, 1.82) is 0 Å². The van der Waals surface area contributed by atoms with Crippen LogP contribution >= 0.6 is 43.5 Å². The Labute approximate surface area is 147 Å². The zero-order valence-corrected chi connectivity index (χ0v) is 16.3. The van der Waals surface area contributed by atoms with E-state index in [-0.39, 0.29) is 16.3 Å². The first kappa shape index (κ1) is 16.7. The van der Waals surface area contributed by atoms with Crippen LogP contribution in [0.4, 0.5) is 0 Å². The van der Waals surface area contributed by atoms with E-state index in [1.165, 1.54) is 0 Å². The average molecular weight is 445 g/mol. The van der Waals surface area contributed by atoms with Crippen LogP contribution in [-0.2, 0) is 4.74 Å². The van der Waals surface area contributed by atoms with Crippen LogP contribution in [0, 0.1) is 10.8 Å². The average Bonchev–Trinajstić information content (AvgIpc) is 2.48. The molecule has 3 rings (SSSR count). The third kappa shape index (κ3) is 1.82. The topological polar surface area (TPSA) is 49.7 Å². The Morgan fingerprint density at radius 3 is 2.57 bits per heavy atom. The quantitative estimate of drug-likeness (QED) is 0.482. The fourth-order valence-corrected chi connectivity index (χ4v) is 6.17. The lowest BCUT2D eigenvalue weighted by molar-refractivity contribution is -0.274. The Kier molecular flexibility index (Phi) is 3.74. The van der Waals surface area contributed by atoms with E-state index in [1.807, 2.05) is 20.8 Å². The Morgan fingerprint density at radius 1 is 1.38 bits per heavy atom. The molecule has 2 fully saturated rings. The van der Waals surface area contributed by atoms with Gasteiger partial charge in [-0.2, -0.15) is 0 Å². The van der Waals surface area contributed by atoms with Crippen molar-refractivity contribution in [3.05, 3.63) is 11.6 Å². The highest BCUT2D eigenvalue weighted by Crippen LogP contribution is 2.70. The molecule has 1 saturated heterocycles. The van der Waals surface area contributed by atoms with Gasteiger partial charge in [-0.3, -0.25) is 0 Å². The summed E-state index contributed by atoms with van der Waals surface area (Å²) in [6.45, 7) is 5.97. The molecule has 0 amide bonds. The monoisotopic (exact) mass is 442 g/mol. The molecular weight excluding hydrogens is 423 g/mol. The lowest BCUT2D eigenvalue weighted by Crippen LogP contribution is -2.61. The molecule has 0 radical (unpaired) electrons. The van der Waals surface area contributed by atoms with Gasteiger partial charge < -0.3 is 14.9 Å². The molecule has 3 nitrogen and oxygen atoms in total. The highest BCUT2D eigenvalue weighted by molar-refractivity contribution is 9.09. The van der Waals surface area contributed by atoms with Crippen LogP contribution in [0.2, 0.25) is 0 Å². The number of halogens is 3. The molecule has 2 bridgehead atoms. The highest BCUT2D eigenvalue weighted by Gasteiger charge is 2.75. The molecule has 120 valence electrons. The third-order valence-corrected chi connectivity index (χ3v) is 8.72. The summed E-state index contributed by atoms with van der Waals surface area (Å²) >= 11 is 13.9. The third-order valence-electron chi connectivity index (χ3n) is 6.10. The Bertz CT molecular complexity index is 507. The molecule has 0 aromatic heterocycles. The normalized spacial score (nSPS) is 55.0. The van der Waals surface area contributed by atoms with E-state index in [9.17, 15) is 10.2 Å². The first-order valence-corrected chi connectivity index (χ1v) is 9.63. The maximum absolute atomic E-state index is 11.0. The van der Waals surface area contributed by atoms with E-state index < -0.39 is 22.2 Å². The van der Waals surface area contributed by atoms with Gasteiger partial charge in [-0.15, -0.1) is 11.6 Å². The van der Waals surface area contributed by atoms with E-state index in [0.29, 0.717) is 11.8 Å². The minimum Gasteiger partial charge on any atom is -0.383 e. The summed E-state index contributed by atoms with van der Waals surface area (Å²) in [4.78, 5) is -0.312. The van der Waals surface area contributed by atoms with E-state index in [2.05, 4.69) is 31.9 Å². The van der Waals surface area contributed by atoms with E-state index in [1.54, 1.807) is 6.08 Å². The van der Waals surface area contributed by atoms with Crippen LogP contribution in [0.3, 0.4) is 0 Å². The number of ether oxygens (including phenoxy) is 1. The molecule has 6 heteroatoms. The van der Waals surface area contributed by atoms with Crippen molar-refractivity contribution in [1.82, 2.24) is 0 Å². The molecule has 0 unspecified atom stereocenters. The maximum atomic E-state index is 11.0. The van der Waals surface area contributed by atoms with Gasteiger partial charge in [-0.25, -0.2) is 0 Å². The van der Waals surface area contributed by atoms with Crippen molar-refractivity contribution in [2.75, 3.05) is 5.33 Å². The maximum Gasteiger partial charge on any atom is 0.202 e. The van der Waals surface area contributed by atoms with Crippen molar-refractivity contribution in [3.63, 3.8) is 0 Å². The molecule has 6 atom stereocenters. The van der Waals surface area contributed by atoms with Crippen LogP contribution in [0.5, 0.6) is 0 Å². The second-order valence-corrected chi connectivity index (χ2v) is 9.85. The minimum absolute atomic E-state index is 0.117. The van der Waals surface area contributed by atoms with Crippen molar-refractivity contribution in [2.24, 2.45) is 10.8 Å². The predicted molar refractivity (Wildman–Crippen MR) is 90.1 cm³/mol. The molecule has 2 N–H and O–H groups in total. The van der Waals surface area contributed by atoms with Gasteiger partial charge in [0.25, 0.3) is 0 Å². The second-order valence-electron chi connectivity index (χ2n) is 7.32. The summed E-state index contributed by atoms with van der Waals surface area (Å²) < 4.78 is 6.04. The molecule has 21 heavy (non-hydrogen) atoms. The largest absolute Gasteiger partial charge is 0.383 e. The summed E-state index contributed by atoms with van der Waals surface area (Å²) in [6.07, 6.45) is 1.95. The highest BCUT2D eigenvalue weighted by atomic mass is 79.9. The SMILES string of the molecule is CC1(C)[C@]2(O)O[C@H]3C[C@](C)(Cl)[C@@H](Br)C[C@@]31C(CBr)=C[C@@H]2O. The lowest BCUT2D eigenvalue weighted by Gasteiger charge is -2.56. The number of hydrogen-bond donors (Lipinski definition) is 2. The first-order valence-electron chi connectivity index (χ1n) is 7.21. The molecule has 3 aliphatic rings. The van der Waals surface area contributed by atoms with Gasteiger partial charge in [-0.1, -0.05) is 57.4 Å². The standard InChI is InChI=1S/C15H21Br2ClO3/c1-12(2)14-5-9(17)13(3,18)6-11(14)21-15(12,20)10(19)4-8(14)7-16/h4,9-11,19-20H,5-7H2,1-3H3/t9-,10-,11-,13-,14+,15+/m0/s1. The van der Waals surface area contributed by atoms with Gasteiger partial charge in [0.05, 0.1) is 11.0 Å². The summed E-state index contributed by atoms with van der Waals surface area (Å²) in [5.74, 6) is -1.56. The minimum atomic E-state index is -1.56. The summed E-state index contributed by atoms with van der Waals surface area (Å²) in [6, 6.07) is 0. The van der Waals surface area contributed by atoms with Crippen LogP contribution in [0.1, 0.15) is 33.6 Å². The summed E-state index contributed by atoms with van der Waals surface area (Å²) in [5.41, 5.74) is 0.179. The molecular formula is C15H21Br2ClO3. The number of aliphatic hydroxyl groups excluding tert-OH is 1. The number of aliphatic hydroxyl groups is 2. The van der Waals surface area contributed by atoms with Crippen LogP contribution in [0.15, 0.2) is 11.6 Å². The lowest BCUT2D eigenvalue weighted by atomic mass is 9.49. The van der Waals surface area contributed by atoms with Crippen molar-refractivity contribution >= 4 is 43.5 Å². The van der Waals surface area contributed by atoms with Gasteiger partial charge >= 0.3 is 0 Å². The number of alkyl halides is 3. The zero-order valence-electron chi connectivity index (χ0n) is 12.4. The van der Waals surface area contributed by atoms with Gasteiger partial charge in [-0.05, 0) is 19.8 Å². The molecule has 0 aromatic rings. The smallest absolute Gasteiger partial charge is 0.202 e.